The van der Waals surface area contributed by atoms with E-state index in [4.69, 9.17) is 0 Å². The molecule has 1 amide bonds. The van der Waals surface area contributed by atoms with Gasteiger partial charge in [-0.25, -0.2) is 8.42 Å². The molecule has 5 nitrogen and oxygen atoms in total. The van der Waals surface area contributed by atoms with Gasteiger partial charge in [0.15, 0.2) is 0 Å². The van der Waals surface area contributed by atoms with Gasteiger partial charge in [-0.2, -0.15) is 0 Å². The number of nitrogens with zero attached hydrogens (tertiary/aromatic N) is 1. The number of hydrogen-bond acceptors (Lipinski definition) is 4. The lowest BCUT2D eigenvalue weighted by Crippen LogP contribution is -2.41. The lowest BCUT2D eigenvalue weighted by molar-refractivity contribution is -0.119. The standard InChI is InChI=1S/C26H30N2O3S2/c1-20-10-12-24(13-11-20)32-15-7-14-27-26(29)19-28(23-17-21(2)16-22(3)18-23)33(30,31)25-8-5-4-6-9-25/h4-6,8-13,16-18H,7,14-15,19H2,1-3H3,(H,27,29). The highest BCUT2D eigenvalue weighted by atomic mass is 32.2. The Hall–Kier alpha value is -2.77. The number of anilines is 1. The van der Waals surface area contributed by atoms with Crippen molar-refractivity contribution in [3.05, 3.63) is 89.5 Å². The smallest absolute Gasteiger partial charge is 0.264 e. The molecule has 0 atom stereocenters. The zero-order valence-corrected chi connectivity index (χ0v) is 20.9. The Morgan fingerprint density at radius 3 is 2.15 bits per heavy atom. The summed E-state index contributed by atoms with van der Waals surface area (Å²) in [6.07, 6.45) is 0.791. The molecule has 0 saturated carbocycles. The maximum Gasteiger partial charge on any atom is 0.264 e. The van der Waals surface area contributed by atoms with Crippen LogP contribution >= 0.6 is 11.8 Å². The molecule has 3 aromatic rings. The second kappa shape index (κ2) is 11.4. The fraction of sp³-hybridized carbons (Fsp3) is 0.269. The van der Waals surface area contributed by atoms with E-state index in [1.54, 1.807) is 54.2 Å². The number of hydrogen-bond donors (Lipinski definition) is 1. The summed E-state index contributed by atoms with van der Waals surface area (Å²) in [5, 5.41) is 2.87. The molecular weight excluding hydrogens is 452 g/mol. The summed E-state index contributed by atoms with van der Waals surface area (Å²) in [5.41, 5.74) is 3.59. The van der Waals surface area contributed by atoms with Crippen molar-refractivity contribution in [2.75, 3.05) is 23.1 Å². The quantitative estimate of drug-likeness (QED) is 0.322. The van der Waals surface area contributed by atoms with E-state index in [2.05, 4.69) is 36.5 Å². The molecule has 0 saturated heterocycles. The molecular formula is C26H30N2O3S2. The number of rotatable bonds is 10. The highest BCUT2D eigenvalue weighted by Crippen LogP contribution is 2.26. The fourth-order valence-corrected chi connectivity index (χ4v) is 5.72. The predicted molar refractivity (Wildman–Crippen MR) is 136 cm³/mol. The molecule has 3 rings (SSSR count). The van der Waals surface area contributed by atoms with Gasteiger partial charge in [-0.05, 0) is 80.5 Å². The summed E-state index contributed by atoms with van der Waals surface area (Å²) in [7, 11) is -3.89. The first-order valence-electron chi connectivity index (χ1n) is 10.9. The third-order valence-electron chi connectivity index (χ3n) is 5.05. The first-order valence-corrected chi connectivity index (χ1v) is 13.3. The Kier molecular flexibility index (Phi) is 8.58. The second-order valence-electron chi connectivity index (χ2n) is 8.04. The molecule has 0 aliphatic heterocycles. The lowest BCUT2D eigenvalue weighted by Gasteiger charge is -2.25. The van der Waals surface area contributed by atoms with Gasteiger partial charge in [-0.1, -0.05) is 42.0 Å². The summed E-state index contributed by atoms with van der Waals surface area (Å²) in [4.78, 5) is 14.1. The van der Waals surface area contributed by atoms with Crippen LogP contribution in [0.3, 0.4) is 0 Å². The van der Waals surface area contributed by atoms with Crippen molar-refractivity contribution in [2.24, 2.45) is 0 Å². The van der Waals surface area contributed by atoms with Crippen LogP contribution in [0.25, 0.3) is 0 Å². The second-order valence-corrected chi connectivity index (χ2v) is 11.1. The molecule has 3 aromatic carbocycles. The van der Waals surface area contributed by atoms with E-state index < -0.39 is 10.0 Å². The summed E-state index contributed by atoms with van der Waals surface area (Å²) in [6, 6.07) is 22.1. The van der Waals surface area contributed by atoms with E-state index in [9.17, 15) is 13.2 Å². The average molecular weight is 483 g/mol. The summed E-state index contributed by atoms with van der Waals surface area (Å²) >= 11 is 1.74. The number of sulfonamides is 1. The van der Waals surface area contributed by atoms with Gasteiger partial charge in [-0.3, -0.25) is 9.10 Å². The summed E-state index contributed by atoms with van der Waals surface area (Å²) in [5.74, 6) is 0.543. The molecule has 0 fully saturated rings. The zero-order chi connectivity index (χ0) is 23.8. The lowest BCUT2D eigenvalue weighted by atomic mass is 10.1. The van der Waals surface area contributed by atoms with Gasteiger partial charge in [0.05, 0.1) is 10.6 Å². The minimum Gasteiger partial charge on any atom is -0.354 e. The van der Waals surface area contributed by atoms with E-state index >= 15 is 0 Å². The molecule has 0 unspecified atom stereocenters. The van der Waals surface area contributed by atoms with Gasteiger partial charge in [0, 0.05) is 11.4 Å². The summed E-state index contributed by atoms with van der Waals surface area (Å²) < 4.78 is 28.0. The Morgan fingerprint density at radius 2 is 1.52 bits per heavy atom. The van der Waals surface area contributed by atoms with Crippen LogP contribution in [0.5, 0.6) is 0 Å². The number of nitrogens with one attached hydrogen (secondary N) is 1. The average Bonchev–Trinajstić information content (AvgIpc) is 2.78. The topological polar surface area (TPSA) is 66.5 Å². The fourth-order valence-electron chi connectivity index (χ4n) is 3.44. The van der Waals surface area contributed by atoms with Crippen LogP contribution in [0.4, 0.5) is 5.69 Å². The van der Waals surface area contributed by atoms with Crippen molar-refractivity contribution in [2.45, 2.75) is 37.0 Å². The maximum atomic E-state index is 13.4. The Bertz CT molecular complexity index is 1160. The van der Waals surface area contributed by atoms with Crippen molar-refractivity contribution in [1.29, 1.82) is 0 Å². The van der Waals surface area contributed by atoms with Gasteiger partial charge in [0.25, 0.3) is 10.0 Å². The highest BCUT2D eigenvalue weighted by Gasteiger charge is 2.27. The van der Waals surface area contributed by atoms with Crippen molar-refractivity contribution >= 4 is 33.4 Å². The first-order chi connectivity index (χ1) is 15.8. The van der Waals surface area contributed by atoms with E-state index in [0.29, 0.717) is 12.2 Å². The van der Waals surface area contributed by atoms with Crippen molar-refractivity contribution in [3.63, 3.8) is 0 Å². The van der Waals surface area contributed by atoms with Crippen LogP contribution in [-0.2, 0) is 14.8 Å². The van der Waals surface area contributed by atoms with Crippen molar-refractivity contribution < 1.29 is 13.2 Å². The van der Waals surface area contributed by atoms with Crippen LogP contribution in [-0.4, -0.2) is 33.2 Å². The van der Waals surface area contributed by atoms with Gasteiger partial charge in [-0.15, -0.1) is 11.8 Å². The molecule has 0 aliphatic rings. The highest BCUT2D eigenvalue weighted by molar-refractivity contribution is 7.99. The largest absolute Gasteiger partial charge is 0.354 e. The number of thioether (sulfide) groups is 1. The molecule has 7 heteroatoms. The zero-order valence-electron chi connectivity index (χ0n) is 19.2. The molecule has 0 bridgehead atoms. The van der Waals surface area contributed by atoms with E-state index in [1.807, 2.05) is 19.9 Å². The predicted octanol–water partition coefficient (Wildman–Crippen LogP) is 5.11. The SMILES string of the molecule is Cc1ccc(SCCCNC(=O)CN(c2cc(C)cc(C)c2)S(=O)(=O)c2ccccc2)cc1. The van der Waals surface area contributed by atoms with Crippen LogP contribution in [0.1, 0.15) is 23.1 Å². The number of amides is 1. The molecule has 1 N–H and O–H groups in total. The van der Waals surface area contributed by atoms with Gasteiger partial charge < -0.3 is 5.32 Å². The van der Waals surface area contributed by atoms with Crippen LogP contribution in [0.15, 0.2) is 82.6 Å². The molecule has 174 valence electrons. The maximum absolute atomic E-state index is 13.4. The van der Waals surface area contributed by atoms with Crippen LogP contribution < -0.4 is 9.62 Å². The van der Waals surface area contributed by atoms with Crippen molar-refractivity contribution in [1.82, 2.24) is 5.32 Å². The van der Waals surface area contributed by atoms with Gasteiger partial charge in [0.2, 0.25) is 5.91 Å². The molecule has 0 spiro atoms. The molecule has 0 heterocycles. The Morgan fingerprint density at radius 1 is 0.879 bits per heavy atom. The minimum absolute atomic E-state index is 0.159. The van der Waals surface area contributed by atoms with Gasteiger partial charge >= 0.3 is 0 Å². The number of aryl methyl sites for hydroxylation is 3. The summed E-state index contributed by atoms with van der Waals surface area (Å²) in [6.45, 7) is 6.10. The normalized spacial score (nSPS) is 11.2. The van der Waals surface area contributed by atoms with Gasteiger partial charge in [0.1, 0.15) is 6.54 Å². The number of carbonyl (C=O) groups is 1. The third-order valence-corrected chi connectivity index (χ3v) is 7.93. The molecule has 0 radical (unpaired) electrons. The number of carbonyl (C=O) groups excluding carboxylic acids is 1. The van der Waals surface area contributed by atoms with E-state index in [1.165, 1.54) is 14.8 Å². The van der Waals surface area contributed by atoms with Crippen molar-refractivity contribution in [3.8, 4) is 0 Å². The van der Waals surface area contributed by atoms with Crippen LogP contribution in [0.2, 0.25) is 0 Å². The monoisotopic (exact) mass is 482 g/mol. The Labute approximate surface area is 201 Å². The minimum atomic E-state index is -3.89. The van der Waals surface area contributed by atoms with Crippen LogP contribution in [0, 0.1) is 20.8 Å². The van der Waals surface area contributed by atoms with E-state index in [0.717, 1.165) is 23.3 Å². The third kappa shape index (κ3) is 7.11. The molecule has 0 aliphatic carbocycles. The number of benzene rings is 3. The van der Waals surface area contributed by atoms with E-state index in [-0.39, 0.29) is 17.3 Å². The molecule has 0 aromatic heterocycles. The Balaban J connectivity index is 1.65. The first kappa shape index (κ1) is 24.9. The molecule has 33 heavy (non-hydrogen) atoms.